The Bertz CT molecular complexity index is 534. The highest BCUT2D eigenvalue weighted by Crippen LogP contribution is 2.20. The van der Waals surface area contributed by atoms with Crippen LogP contribution in [0.4, 0.5) is 4.39 Å². The van der Waals surface area contributed by atoms with Crippen LogP contribution in [-0.2, 0) is 13.0 Å². The lowest BCUT2D eigenvalue weighted by molar-refractivity contribution is 0.624. The maximum Gasteiger partial charge on any atom is 0.142 e. The highest BCUT2D eigenvalue weighted by Gasteiger charge is 2.07. The van der Waals surface area contributed by atoms with Gasteiger partial charge in [-0.05, 0) is 36.6 Å². The molecule has 1 aromatic carbocycles. The molecule has 2 N–H and O–H groups in total. The van der Waals surface area contributed by atoms with Crippen LogP contribution in [0.3, 0.4) is 0 Å². The fourth-order valence-electron chi connectivity index (χ4n) is 1.95. The zero-order chi connectivity index (χ0) is 13.1. The summed E-state index contributed by atoms with van der Waals surface area (Å²) in [6.07, 6.45) is 4.81. The molecule has 0 aliphatic rings. The predicted molar refractivity (Wildman–Crippen MR) is 72.3 cm³/mol. The number of hydrogen-bond donors (Lipinski definition) is 1. The molecule has 0 bridgehead atoms. The van der Waals surface area contributed by atoms with E-state index in [0.29, 0.717) is 6.54 Å². The average molecular weight is 267 g/mol. The Hall–Kier alpha value is -1.32. The maximum absolute atomic E-state index is 13.3. The molecule has 0 spiro atoms. The molecule has 4 heteroatoms. The van der Waals surface area contributed by atoms with E-state index in [9.17, 15) is 4.39 Å². The third kappa shape index (κ3) is 3.12. The molecule has 2 aromatic rings. The first kappa shape index (κ1) is 13.1. The minimum atomic E-state index is -0.378. The molecular formula is C14H16ClFN2. The molecule has 1 unspecified atom stereocenters. The molecule has 0 fully saturated rings. The third-order valence-corrected chi connectivity index (χ3v) is 3.18. The molecule has 1 aromatic heterocycles. The van der Waals surface area contributed by atoms with Gasteiger partial charge in [-0.3, -0.25) is 0 Å². The highest BCUT2D eigenvalue weighted by atomic mass is 35.5. The predicted octanol–water partition coefficient (Wildman–Crippen LogP) is 3.22. The van der Waals surface area contributed by atoms with Crippen molar-refractivity contribution in [3.8, 4) is 0 Å². The summed E-state index contributed by atoms with van der Waals surface area (Å²) < 4.78 is 15.3. The van der Waals surface area contributed by atoms with E-state index in [-0.39, 0.29) is 16.9 Å². The second kappa shape index (κ2) is 5.55. The van der Waals surface area contributed by atoms with Gasteiger partial charge in [0.2, 0.25) is 0 Å². The van der Waals surface area contributed by atoms with E-state index >= 15 is 0 Å². The molecule has 0 radical (unpaired) electrons. The van der Waals surface area contributed by atoms with Crippen LogP contribution in [0.25, 0.3) is 0 Å². The zero-order valence-corrected chi connectivity index (χ0v) is 11.0. The van der Waals surface area contributed by atoms with E-state index in [1.165, 1.54) is 11.6 Å². The van der Waals surface area contributed by atoms with Gasteiger partial charge in [0.1, 0.15) is 5.82 Å². The molecule has 96 valence electrons. The van der Waals surface area contributed by atoms with Gasteiger partial charge in [-0.25, -0.2) is 4.39 Å². The third-order valence-electron chi connectivity index (χ3n) is 2.75. The molecule has 2 nitrogen and oxygen atoms in total. The number of rotatable bonds is 4. The minimum absolute atomic E-state index is 0.138. The quantitative estimate of drug-likeness (QED) is 0.905. The Kier molecular flexibility index (Phi) is 4.04. The Morgan fingerprint density at radius 3 is 2.89 bits per heavy atom. The molecule has 0 aliphatic heterocycles. The van der Waals surface area contributed by atoms with Gasteiger partial charge in [0.15, 0.2) is 0 Å². The van der Waals surface area contributed by atoms with Crippen LogP contribution < -0.4 is 5.73 Å². The average Bonchev–Trinajstić information content (AvgIpc) is 2.71. The fourth-order valence-corrected chi connectivity index (χ4v) is 2.13. The van der Waals surface area contributed by atoms with Gasteiger partial charge in [0.05, 0.1) is 5.02 Å². The molecule has 0 aliphatic carbocycles. The van der Waals surface area contributed by atoms with Crippen LogP contribution in [-0.4, -0.2) is 10.6 Å². The van der Waals surface area contributed by atoms with Crippen molar-refractivity contribution in [3.05, 3.63) is 58.6 Å². The summed E-state index contributed by atoms with van der Waals surface area (Å²) in [6, 6.07) is 7.03. The van der Waals surface area contributed by atoms with Crippen molar-refractivity contribution in [2.45, 2.75) is 25.9 Å². The summed E-state index contributed by atoms with van der Waals surface area (Å²) in [4.78, 5) is 0. The van der Waals surface area contributed by atoms with E-state index in [1.807, 2.05) is 36.0 Å². The van der Waals surface area contributed by atoms with E-state index in [2.05, 4.69) is 0 Å². The van der Waals surface area contributed by atoms with Crippen molar-refractivity contribution in [2.75, 3.05) is 0 Å². The minimum Gasteiger partial charge on any atom is -0.350 e. The van der Waals surface area contributed by atoms with E-state index in [1.54, 1.807) is 6.07 Å². The van der Waals surface area contributed by atoms with Crippen LogP contribution in [0.1, 0.15) is 18.1 Å². The first-order valence-corrected chi connectivity index (χ1v) is 6.27. The lowest BCUT2D eigenvalue weighted by Crippen LogP contribution is -2.17. The van der Waals surface area contributed by atoms with Crippen LogP contribution in [0.2, 0.25) is 5.02 Å². The molecule has 2 rings (SSSR count). The highest BCUT2D eigenvalue weighted by molar-refractivity contribution is 6.31. The molecule has 0 saturated heterocycles. The van der Waals surface area contributed by atoms with Crippen molar-refractivity contribution in [3.63, 3.8) is 0 Å². The van der Waals surface area contributed by atoms with Crippen LogP contribution in [0, 0.1) is 5.82 Å². The van der Waals surface area contributed by atoms with Crippen LogP contribution in [0.15, 0.2) is 36.7 Å². The smallest absolute Gasteiger partial charge is 0.142 e. The van der Waals surface area contributed by atoms with Crippen LogP contribution in [0.5, 0.6) is 0 Å². The first-order chi connectivity index (χ1) is 8.56. The Balaban J connectivity index is 2.14. The standard InChI is InChI=1S/C14H16ClFN2/c1-10(17)7-11-5-6-18(8-11)9-12-3-2-4-13(16)14(12)15/h2-6,8,10H,7,9,17H2,1H3. The van der Waals surface area contributed by atoms with Gasteiger partial charge in [0, 0.05) is 25.0 Å². The monoisotopic (exact) mass is 266 g/mol. The van der Waals surface area contributed by atoms with Crippen molar-refractivity contribution in [2.24, 2.45) is 5.73 Å². The van der Waals surface area contributed by atoms with Crippen molar-refractivity contribution < 1.29 is 4.39 Å². The van der Waals surface area contributed by atoms with Gasteiger partial charge in [0.25, 0.3) is 0 Å². The molecule has 0 amide bonds. The summed E-state index contributed by atoms with van der Waals surface area (Å²) in [5, 5.41) is 0.194. The normalized spacial score (nSPS) is 12.7. The second-order valence-electron chi connectivity index (χ2n) is 4.59. The number of aromatic nitrogens is 1. The number of halogens is 2. The zero-order valence-electron chi connectivity index (χ0n) is 10.2. The summed E-state index contributed by atoms with van der Waals surface area (Å²) in [5.41, 5.74) is 7.71. The summed E-state index contributed by atoms with van der Waals surface area (Å²) in [7, 11) is 0. The van der Waals surface area contributed by atoms with Crippen LogP contribution >= 0.6 is 11.6 Å². The number of benzene rings is 1. The number of nitrogens with zero attached hydrogens (tertiary/aromatic N) is 1. The van der Waals surface area contributed by atoms with Gasteiger partial charge in [-0.15, -0.1) is 0 Å². The van der Waals surface area contributed by atoms with E-state index < -0.39 is 0 Å². The van der Waals surface area contributed by atoms with Crippen molar-refractivity contribution in [1.29, 1.82) is 0 Å². The molecule has 18 heavy (non-hydrogen) atoms. The topological polar surface area (TPSA) is 30.9 Å². The number of hydrogen-bond acceptors (Lipinski definition) is 1. The summed E-state index contributed by atoms with van der Waals surface area (Å²) >= 11 is 5.93. The lowest BCUT2D eigenvalue weighted by atomic mass is 10.1. The van der Waals surface area contributed by atoms with Gasteiger partial charge in [-0.2, -0.15) is 0 Å². The van der Waals surface area contributed by atoms with Crippen molar-refractivity contribution >= 4 is 11.6 Å². The molecule has 1 heterocycles. The first-order valence-electron chi connectivity index (χ1n) is 5.89. The molecular weight excluding hydrogens is 251 g/mol. The molecule has 1 atom stereocenters. The second-order valence-corrected chi connectivity index (χ2v) is 4.96. The largest absolute Gasteiger partial charge is 0.350 e. The van der Waals surface area contributed by atoms with Gasteiger partial charge < -0.3 is 10.3 Å². The van der Waals surface area contributed by atoms with Gasteiger partial charge in [-0.1, -0.05) is 23.7 Å². The molecule has 0 saturated carbocycles. The fraction of sp³-hybridized carbons (Fsp3) is 0.286. The van der Waals surface area contributed by atoms with Gasteiger partial charge >= 0.3 is 0 Å². The summed E-state index contributed by atoms with van der Waals surface area (Å²) in [6.45, 7) is 2.54. The van der Waals surface area contributed by atoms with E-state index in [4.69, 9.17) is 17.3 Å². The lowest BCUT2D eigenvalue weighted by Gasteiger charge is -2.06. The SMILES string of the molecule is CC(N)Cc1ccn(Cc2cccc(F)c2Cl)c1. The Morgan fingerprint density at radius 1 is 1.39 bits per heavy atom. The van der Waals surface area contributed by atoms with Crippen molar-refractivity contribution in [1.82, 2.24) is 4.57 Å². The number of nitrogens with two attached hydrogens (primary N) is 1. The van der Waals surface area contributed by atoms with E-state index in [0.717, 1.165) is 12.0 Å². The summed E-state index contributed by atoms with van der Waals surface area (Å²) in [5.74, 6) is -0.378. The maximum atomic E-state index is 13.3. The Morgan fingerprint density at radius 2 is 2.17 bits per heavy atom. The Labute approximate surface area is 111 Å².